The number of imide groups is 1. The Labute approximate surface area is 179 Å². The topological polar surface area (TPSA) is 67.4 Å². The number of carbonyl (C=O) groups is 2. The average molecular weight is 424 g/mol. The van der Waals surface area contributed by atoms with Crippen molar-refractivity contribution in [1.29, 1.82) is 0 Å². The molecule has 0 saturated carbocycles. The van der Waals surface area contributed by atoms with E-state index in [0.717, 1.165) is 29.3 Å². The monoisotopic (exact) mass is 424 g/mol. The minimum atomic E-state index is -1.17. The van der Waals surface area contributed by atoms with Crippen LogP contribution < -0.4 is 15.4 Å². The second-order valence-corrected chi connectivity index (χ2v) is 7.36. The van der Waals surface area contributed by atoms with Crippen LogP contribution in [0.5, 0.6) is 11.5 Å². The SMILES string of the molecule is Cc1cc(C)cc(Oc2cc(C)c(NC(=O)NC(=O)c3c(F)cccc3F)c(C)c2)c1. The van der Waals surface area contributed by atoms with E-state index in [-0.39, 0.29) is 0 Å². The highest BCUT2D eigenvalue weighted by molar-refractivity contribution is 6.08. The molecule has 5 nitrogen and oxygen atoms in total. The minimum absolute atomic E-state index is 0.465. The molecule has 0 atom stereocenters. The van der Waals surface area contributed by atoms with Crippen molar-refractivity contribution >= 4 is 17.6 Å². The summed E-state index contributed by atoms with van der Waals surface area (Å²) in [5.41, 5.74) is 3.19. The van der Waals surface area contributed by atoms with E-state index >= 15 is 0 Å². The molecule has 0 unspecified atom stereocenters. The molecule has 0 bridgehead atoms. The molecule has 0 aliphatic rings. The van der Waals surface area contributed by atoms with Gasteiger partial charge in [-0.2, -0.15) is 0 Å². The van der Waals surface area contributed by atoms with Gasteiger partial charge in [-0.05, 0) is 86.3 Å². The highest BCUT2D eigenvalue weighted by Crippen LogP contribution is 2.30. The summed E-state index contributed by atoms with van der Waals surface area (Å²) in [5.74, 6) is -1.98. The summed E-state index contributed by atoms with van der Waals surface area (Å²) in [6, 6.07) is 11.5. The molecular formula is C24H22F2N2O3. The molecule has 7 heteroatoms. The van der Waals surface area contributed by atoms with Crippen LogP contribution in [0.2, 0.25) is 0 Å². The van der Waals surface area contributed by atoms with Crippen molar-refractivity contribution in [2.75, 3.05) is 5.32 Å². The molecule has 3 aromatic carbocycles. The van der Waals surface area contributed by atoms with Crippen LogP contribution in [-0.2, 0) is 0 Å². The second-order valence-electron chi connectivity index (χ2n) is 7.36. The van der Waals surface area contributed by atoms with Gasteiger partial charge in [0.1, 0.15) is 28.7 Å². The minimum Gasteiger partial charge on any atom is -0.457 e. The number of aryl methyl sites for hydroxylation is 4. The standard InChI is InChI=1S/C24H22F2N2O3/c1-13-8-14(2)10-17(9-13)31-18-11-15(3)22(16(4)12-18)27-24(30)28-23(29)21-19(25)6-5-7-20(21)26/h5-12H,1-4H3,(H2,27,28,29,30). The molecule has 3 aromatic rings. The van der Waals surface area contributed by atoms with Crippen LogP contribution in [0, 0.1) is 39.3 Å². The highest BCUT2D eigenvalue weighted by atomic mass is 19.1. The quantitative estimate of drug-likeness (QED) is 0.544. The molecule has 3 amide bonds. The van der Waals surface area contributed by atoms with Crippen LogP contribution in [0.3, 0.4) is 0 Å². The second kappa shape index (κ2) is 8.95. The van der Waals surface area contributed by atoms with Gasteiger partial charge < -0.3 is 10.1 Å². The lowest BCUT2D eigenvalue weighted by Crippen LogP contribution is -2.35. The maximum atomic E-state index is 13.7. The van der Waals surface area contributed by atoms with Gasteiger partial charge in [-0.3, -0.25) is 10.1 Å². The van der Waals surface area contributed by atoms with E-state index < -0.39 is 29.1 Å². The van der Waals surface area contributed by atoms with Crippen LogP contribution in [-0.4, -0.2) is 11.9 Å². The van der Waals surface area contributed by atoms with Gasteiger partial charge in [0.15, 0.2) is 0 Å². The Bertz CT molecular complexity index is 1110. The van der Waals surface area contributed by atoms with Crippen LogP contribution >= 0.6 is 0 Å². The van der Waals surface area contributed by atoms with Gasteiger partial charge in [0.05, 0.1) is 0 Å². The lowest BCUT2D eigenvalue weighted by Gasteiger charge is -2.15. The normalized spacial score (nSPS) is 10.5. The zero-order valence-corrected chi connectivity index (χ0v) is 17.6. The number of hydrogen-bond donors (Lipinski definition) is 2. The number of urea groups is 1. The van der Waals surface area contributed by atoms with Crippen LogP contribution in [0.4, 0.5) is 19.3 Å². The summed E-state index contributed by atoms with van der Waals surface area (Å²) >= 11 is 0. The Morgan fingerprint density at radius 3 is 1.87 bits per heavy atom. The number of anilines is 1. The number of ether oxygens (including phenoxy) is 1. The lowest BCUT2D eigenvalue weighted by atomic mass is 10.1. The zero-order valence-electron chi connectivity index (χ0n) is 17.6. The van der Waals surface area contributed by atoms with Gasteiger partial charge in [0.2, 0.25) is 0 Å². The van der Waals surface area contributed by atoms with E-state index in [0.29, 0.717) is 28.3 Å². The third kappa shape index (κ3) is 5.25. The van der Waals surface area contributed by atoms with Crippen LogP contribution in [0.1, 0.15) is 32.6 Å². The van der Waals surface area contributed by atoms with Crippen molar-refractivity contribution in [3.05, 3.63) is 88.0 Å². The summed E-state index contributed by atoms with van der Waals surface area (Å²) in [6.45, 7) is 7.51. The molecule has 0 saturated heterocycles. The largest absolute Gasteiger partial charge is 0.457 e. The Kier molecular flexibility index (Phi) is 6.34. The summed E-state index contributed by atoms with van der Waals surface area (Å²) in [6.07, 6.45) is 0. The molecule has 0 spiro atoms. The van der Waals surface area contributed by atoms with Gasteiger partial charge in [0.25, 0.3) is 5.91 Å². The summed E-state index contributed by atoms with van der Waals surface area (Å²) < 4.78 is 33.4. The van der Waals surface area contributed by atoms with Crippen molar-refractivity contribution in [2.24, 2.45) is 0 Å². The lowest BCUT2D eigenvalue weighted by molar-refractivity contribution is 0.0959. The molecule has 0 fully saturated rings. The van der Waals surface area contributed by atoms with E-state index in [1.54, 1.807) is 26.0 Å². The predicted octanol–water partition coefficient (Wildman–Crippen LogP) is 5.95. The molecule has 0 aliphatic heterocycles. The Morgan fingerprint density at radius 1 is 0.806 bits per heavy atom. The Balaban J connectivity index is 1.74. The van der Waals surface area contributed by atoms with Gasteiger partial charge >= 0.3 is 6.03 Å². The summed E-state index contributed by atoms with van der Waals surface area (Å²) in [7, 11) is 0. The van der Waals surface area contributed by atoms with E-state index in [1.165, 1.54) is 0 Å². The number of hydrogen-bond acceptors (Lipinski definition) is 3. The number of benzene rings is 3. The molecule has 0 heterocycles. The maximum Gasteiger partial charge on any atom is 0.326 e. The van der Waals surface area contributed by atoms with E-state index in [4.69, 9.17) is 4.74 Å². The molecule has 3 rings (SSSR count). The van der Waals surface area contributed by atoms with Crippen molar-refractivity contribution < 1.29 is 23.1 Å². The van der Waals surface area contributed by atoms with Crippen LogP contribution in [0.25, 0.3) is 0 Å². The third-order valence-corrected chi connectivity index (χ3v) is 4.59. The Morgan fingerprint density at radius 2 is 1.32 bits per heavy atom. The predicted molar refractivity (Wildman–Crippen MR) is 115 cm³/mol. The number of amides is 3. The third-order valence-electron chi connectivity index (χ3n) is 4.59. The molecule has 31 heavy (non-hydrogen) atoms. The van der Waals surface area contributed by atoms with Crippen molar-refractivity contribution in [3.8, 4) is 11.5 Å². The van der Waals surface area contributed by atoms with E-state index in [2.05, 4.69) is 5.32 Å². The van der Waals surface area contributed by atoms with Crippen molar-refractivity contribution in [2.45, 2.75) is 27.7 Å². The van der Waals surface area contributed by atoms with Crippen LogP contribution in [0.15, 0.2) is 48.5 Å². The molecule has 160 valence electrons. The first-order valence-electron chi connectivity index (χ1n) is 9.58. The van der Waals surface area contributed by atoms with E-state index in [1.807, 2.05) is 37.4 Å². The average Bonchev–Trinajstić information content (AvgIpc) is 2.63. The number of carbonyl (C=O) groups excluding carboxylic acids is 2. The molecule has 0 aromatic heterocycles. The molecular weight excluding hydrogens is 402 g/mol. The summed E-state index contributed by atoms with van der Waals surface area (Å²) in [4.78, 5) is 24.4. The number of halogens is 2. The molecule has 2 N–H and O–H groups in total. The fourth-order valence-corrected chi connectivity index (χ4v) is 3.33. The summed E-state index contributed by atoms with van der Waals surface area (Å²) in [5, 5.41) is 4.50. The first-order valence-corrected chi connectivity index (χ1v) is 9.58. The molecule has 0 aliphatic carbocycles. The number of rotatable bonds is 4. The molecule has 0 radical (unpaired) electrons. The first-order chi connectivity index (χ1) is 14.6. The van der Waals surface area contributed by atoms with Gasteiger partial charge in [0, 0.05) is 5.69 Å². The van der Waals surface area contributed by atoms with E-state index in [9.17, 15) is 18.4 Å². The Hall–Kier alpha value is -3.74. The fraction of sp³-hybridized carbons (Fsp3) is 0.167. The number of nitrogens with one attached hydrogen (secondary N) is 2. The highest BCUT2D eigenvalue weighted by Gasteiger charge is 2.20. The fourth-order valence-electron chi connectivity index (χ4n) is 3.33. The first kappa shape index (κ1) is 22.0. The smallest absolute Gasteiger partial charge is 0.326 e. The maximum absolute atomic E-state index is 13.7. The van der Waals surface area contributed by atoms with Crippen molar-refractivity contribution in [1.82, 2.24) is 5.32 Å². The van der Waals surface area contributed by atoms with Gasteiger partial charge in [-0.1, -0.05) is 12.1 Å². The zero-order chi connectivity index (χ0) is 22.7. The van der Waals surface area contributed by atoms with Gasteiger partial charge in [-0.15, -0.1) is 0 Å². The van der Waals surface area contributed by atoms with Gasteiger partial charge in [-0.25, -0.2) is 13.6 Å². The van der Waals surface area contributed by atoms with Crippen molar-refractivity contribution in [3.63, 3.8) is 0 Å².